The molecule has 2 rings (SSSR count). The van der Waals surface area contributed by atoms with Gasteiger partial charge in [-0.3, -0.25) is 9.80 Å². The zero-order chi connectivity index (χ0) is 20.1. The number of piperidine rings is 2. The maximum absolute atomic E-state index is 6.55. The molecule has 5 heteroatoms. The second-order valence-electron chi connectivity index (χ2n) is 11.3. The van der Waals surface area contributed by atoms with E-state index >= 15 is 0 Å². The first-order valence-corrected chi connectivity index (χ1v) is 12.5. The third-order valence-electron chi connectivity index (χ3n) is 7.31. The van der Waals surface area contributed by atoms with Gasteiger partial charge in [0, 0.05) is 22.2 Å². The zero-order valence-electron chi connectivity index (χ0n) is 19.3. The van der Waals surface area contributed by atoms with E-state index in [4.69, 9.17) is 8.85 Å². The van der Waals surface area contributed by atoms with Crippen molar-refractivity contribution in [3.05, 3.63) is 0 Å². The Morgan fingerprint density at radius 2 is 0.846 bits per heavy atom. The van der Waals surface area contributed by atoms with Crippen LogP contribution in [0.3, 0.4) is 0 Å². The summed E-state index contributed by atoms with van der Waals surface area (Å²) in [5.41, 5.74) is 0.659. The van der Waals surface area contributed by atoms with Gasteiger partial charge in [0.2, 0.25) is 0 Å². The van der Waals surface area contributed by atoms with E-state index in [1.807, 2.05) is 0 Å². The molecule has 154 valence electrons. The van der Waals surface area contributed by atoms with Crippen molar-refractivity contribution in [2.45, 2.75) is 122 Å². The van der Waals surface area contributed by atoms with Crippen LogP contribution in [0, 0.1) is 0 Å². The van der Waals surface area contributed by atoms with Crippen LogP contribution in [0.4, 0.5) is 0 Å². The second kappa shape index (κ2) is 7.14. The summed E-state index contributed by atoms with van der Waals surface area (Å²) in [7, 11) is 2.83. The van der Waals surface area contributed by atoms with Crippen molar-refractivity contribution in [3.63, 3.8) is 0 Å². The van der Waals surface area contributed by atoms with Crippen LogP contribution in [0.5, 0.6) is 0 Å². The van der Waals surface area contributed by atoms with Crippen molar-refractivity contribution in [2.75, 3.05) is 14.1 Å². The molecule has 4 nitrogen and oxygen atoms in total. The SMILES string of the molecule is CN1C(C)(C)CC(O[SiH](C)OC2CC(C)(C)N(C)C(C)(C)C2)CC1(C)C. The molecule has 0 radical (unpaired) electrons. The van der Waals surface area contributed by atoms with Crippen LogP contribution in [0.1, 0.15) is 81.1 Å². The number of likely N-dealkylation sites (tertiary alicyclic amines) is 2. The topological polar surface area (TPSA) is 24.9 Å². The van der Waals surface area contributed by atoms with Crippen LogP contribution in [-0.4, -0.2) is 67.5 Å². The minimum Gasteiger partial charge on any atom is -0.393 e. The van der Waals surface area contributed by atoms with Gasteiger partial charge in [-0.05, 0) is 102 Å². The van der Waals surface area contributed by atoms with E-state index in [9.17, 15) is 0 Å². The fourth-order valence-corrected chi connectivity index (χ4v) is 6.86. The molecule has 0 aromatic carbocycles. The van der Waals surface area contributed by atoms with Crippen LogP contribution < -0.4 is 0 Å². The van der Waals surface area contributed by atoms with Crippen molar-refractivity contribution < 1.29 is 8.85 Å². The van der Waals surface area contributed by atoms with Crippen LogP contribution in [-0.2, 0) is 8.85 Å². The molecule has 26 heavy (non-hydrogen) atoms. The van der Waals surface area contributed by atoms with Gasteiger partial charge in [-0.25, -0.2) is 0 Å². The molecule has 2 aliphatic heterocycles. The average molecular weight is 385 g/mol. The molecule has 0 aliphatic carbocycles. The van der Waals surface area contributed by atoms with E-state index in [2.05, 4.69) is 85.8 Å². The van der Waals surface area contributed by atoms with Gasteiger partial charge in [0.15, 0.2) is 0 Å². The highest BCUT2D eigenvalue weighted by Gasteiger charge is 2.46. The molecule has 0 bridgehead atoms. The Morgan fingerprint density at radius 1 is 0.615 bits per heavy atom. The van der Waals surface area contributed by atoms with Crippen molar-refractivity contribution in [1.29, 1.82) is 0 Å². The monoisotopic (exact) mass is 384 g/mol. The first kappa shape index (κ1) is 22.3. The molecular weight excluding hydrogens is 340 g/mol. The number of hydrogen-bond donors (Lipinski definition) is 0. The quantitative estimate of drug-likeness (QED) is 0.679. The van der Waals surface area contributed by atoms with E-state index < -0.39 is 9.28 Å². The Balaban J connectivity index is 1.98. The van der Waals surface area contributed by atoms with Gasteiger partial charge in [-0.1, -0.05) is 0 Å². The average Bonchev–Trinajstić information content (AvgIpc) is 2.40. The summed E-state index contributed by atoms with van der Waals surface area (Å²) in [6, 6.07) is 0. The fraction of sp³-hybridized carbons (Fsp3) is 1.00. The van der Waals surface area contributed by atoms with E-state index in [0.717, 1.165) is 25.7 Å². The van der Waals surface area contributed by atoms with Crippen LogP contribution in [0.25, 0.3) is 0 Å². The van der Waals surface area contributed by atoms with Gasteiger partial charge in [-0.15, -0.1) is 0 Å². The first-order chi connectivity index (χ1) is 11.6. The molecule has 0 aromatic rings. The summed E-state index contributed by atoms with van der Waals surface area (Å²) < 4.78 is 13.1. The third-order valence-corrected chi connectivity index (χ3v) is 8.85. The normalized spacial score (nSPS) is 30.0. The maximum atomic E-state index is 6.55. The fourth-order valence-electron chi connectivity index (χ4n) is 5.33. The van der Waals surface area contributed by atoms with Gasteiger partial charge in [-0.2, -0.15) is 0 Å². The summed E-state index contributed by atoms with van der Waals surface area (Å²) in [5.74, 6) is 0. The lowest BCUT2D eigenvalue weighted by Gasteiger charge is -2.54. The number of nitrogens with zero attached hydrogens (tertiary/aromatic N) is 2. The molecular formula is C21H44N2O2Si. The van der Waals surface area contributed by atoms with Crippen molar-refractivity contribution in [3.8, 4) is 0 Å². The predicted molar refractivity (Wildman–Crippen MR) is 113 cm³/mol. The van der Waals surface area contributed by atoms with Crippen molar-refractivity contribution >= 4 is 9.28 Å². The van der Waals surface area contributed by atoms with Crippen LogP contribution >= 0.6 is 0 Å². The molecule has 0 aromatic heterocycles. The minimum atomic E-state index is -1.66. The van der Waals surface area contributed by atoms with Crippen LogP contribution in [0.15, 0.2) is 0 Å². The lowest BCUT2D eigenvalue weighted by atomic mass is 9.79. The largest absolute Gasteiger partial charge is 0.393 e. The highest BCUT2D eigenvalue weighted by atomic mass is 28.3. The van der Waals surface area contributed by atoms with Crippen molar-refractivity contribution in [2.24, 2.45) is 0 Å². The zero-order valence-corrected chi connectivity index (χ0v) is 20.4. The number of rotatable bonds is 4. The molecule has 0 N–H and O–H groups in total. The van der Waals surface area contributed by atoms with Gasteiger partial charge < -0.3 is 8.85 Å². The van der Waals surface area contributed by atoms with Gasteiger partial charge >= 0.3 is 9.28 Å². The molecule has 2 saturated heterocycles. The first-order valence-electron chi connectivity index (χ1n) is 10.4. The maximum Gasteiger partial charge on any atom is 0.318 e. The van der Waals surface area contributed by atoms with Crippen molar-refractivity contribution in [1.82, 2.24) is 9.80 Å². The molecule has 2 heterocycles. The van der Waals surface area contributed by atoms with Gasteiger partial charge in [0.25, 0.3) is 0 Å². The molecule has 2 fully saturated rings. The highest BCUT2D eigenvalue weighted by molar-refractivity contribution is 6.42. The lowest BCUT2D eigenvalue weighted by molar-refractivity contribution is -0.0799. The molecule has 2 aliphatic rings. The van der Waals surface area contributed by atoms with E-state index in [1.54, 1.807) is 0 Å². The van der Waals surface area contributed by atoms with E-state index in [1.165, 1.54) is 0 Å². The minimum absolute atomic E-state index is 0.165. The predicted octanol–water partition coefficient (Wildman–Crippen LogP) is 4.17. The summed E-state index contributed by atoms with van der Waals surface area (Å²) in [4.78, 5) is 5.02. The second-order valence-corrected chi connectivity index (χ2v) is 12.9. The Labute approximate surface area is 164 Å². The standard InChI is InChI=1S/C21H44N2O2Si/c1-18(2)12-16(13-19(3,4)22(18)9)24-26(11)25-17-14-20(5,6)23(10)21(7,8)15-17/h16-17,26H,12-15H2,1-11H3. The summed E-state index contributed by atoms with van der Waals surface area (Å²) >= 11 is 0. The Hall–Kier alpha value is 0.0569. The smallest absolute Gasteiger partial charge is 0.318 e. The highest BCUT2D eigenvalue weighted by Crippen LogP contribution is 2.40. The van der Waals surface area contributed by atoms with Crippen LogP contribution in [0.2, 0.25) is 6.55 Å². The third kappa shape index (κ3) is 4.72. The summed E-state index contributed by atoms with van der Waals surface area (Å²) in [5, 5.41) is 0. The Bertz CT molecular complexity index is 424. The number of hydrogen-bond acceptors (Lipinski definition) is 4. The van der Waals surface area contributed by atoms with E-state index in [0.29, 0.717) is 12.2 Å². The molecule has 0 spiro atoms. The van der Waals surface area contributed by atoms with E-state index in [-0.39, 0.29) is 22.2 Å². The Kier molecular flexibility index (Phi) is 6.14. The molecule has 0 saturated carbocycles. The molecule has 0 atom stereocenters. The Morgan fingerprint density at radius 3 is 1.08 bits per heavy atom. The lowest BCUT2D eigenvalue weighted by Crippen LogP contribution is -2.61. The van der Waals surface area contributed by atoms with Gasteiger partial charge in [0.05, 0.1) is 12.2 Å². The van der Waals surface area contributed by atoms with Gasteiger partial charge in [0.1, 0.15) is 0 Å². The summed E-state index contributed by atoms with van der Waals surface area (Å²) in [6.07, 6.45) is 4.95. The molecule has 0 unspecified atom stereocenters. The summed E-state index contributed by atoms with van der Waals surface area (Å²) in [6.45, 7) is 20.9. The molecule has 0 amide bonds.